The molecular formula is C37H32N4O3S3. The Kier molecular flexibility index (Phi) is 10.8. The molecule has 1 heterocycles. The second kappa shape index (κ2) is 15.8. The highest BCUT2D eigenvalue weighted by Gasteiger charge is 2.17. The van der Waals surface area contributed by atoms with Crippen LogP contribution in [-0.4, -0.2) is 40.0 Å². The highest BCUT2D eigenvalue weighted by Crippen LogP contribution is 2.32. The van der Waals surface area contributed by atoms with E-state index in [-0.39, 0.29) is 41.0 Å². The number of thioether (sulfide) groups is 2. The van der Waals surface area contributed by atoms with Crippen LogP contribution >= 0.6 is 34.9 Å². The SMILES string of the molecule is O=C(CSCC(=O)Nc1ccc2nc(SCC(=O)NC(c3ccccc3)c3ccccc3)sc2c1)NCc1cccc2ccccc12. The summed E-state index contributed by atoms with van der Waals surface area (Å²) in [7, 11) is 0. The topological polar surface area (TPSA) is 100 Å². The fraction of sp³-hybridized carbons (Fsp3) is 0.135. The van der Waals surface area contributed by atoms with Gasteiger partial charge in [-0.3, -0.25) is 14.4 Å². The molecule has 0 fully saturated rings. The molecule has 0 saturated carbocycles. The first-order chi connectivity index (χ1) is 23.0. The van der Waals surface area contributed by atoms with Crippen LogP contribution in [0.1, 0.15) is 22.7 Å². The molecule has 0 unspecified atom stereocenters. The minimum absolute atomic E-state index is 0.0837. The molecule has 236 valence electrons. The molecule has 0 saturated heterocycles. The van der Waals surface area contributed by atoms with Crippen LogP contribution in [0, 0.1) is 0 Å². The lowest BCUT2D eigenvalue weighted by molar-refractivity contribution is -0.119. The van der Waals surface area contributed by atoms with E-state index in [1.807, 2.05) is 109 Å². The van der Waals surface area contributed by atoms with Crippen LogP contribution in [0.4, 0.5) is 5.69 Å². The lowest BCUT2D eigenvalue weighted by Gasteiger charge is -2.19. The molecule has 0 aliphatic carbocycles. The van der Waals surface area contributed by atoms with E-state index in [9.17, 15) is 14.4 Å². The van der Waals surface area contributed by atoms with Crippen LogP contribution in [0.5, 0.6) is 0 Å². The van der Waals surface area contributed by atoms with Crippen LogP contribution in [-0.2, 0) is 20.9 Å². The number of anilines is 1. The van der Waals surface area contributed by atoms with Crippen molar-refractivity contribution in [3.63, 3.8) is 0 Å². The van der Waals surface area contributed by atoms with Crippen LogP contribution in [0.15, 0.2) is 126 Å². The zero-order valence-corrected chi connectivity index (χ0v) is 27.8. The van der Waals surface area contributed by atoms with Gasteiger partial charge in [-0.25, -0.2) is 4.98 Å². The number of hydrogen-bond donors (Lipinski definition) is 3. The maximum absolute atomic E-state index is 13.0. The van der Waals surface area contributed by atoms with Crippen molar-refractivity contribution in [2.75, 3.05) is 22.6 Å². The van der Waals surface area contributed by atoms with Gasteiger partial charge in [-0.05, 0) is 45.7 Å². The Bertz CT molecular complexity index is 1960. The summed E-state index contributed by atoms with van der Waals surface area (Å²) in [6.07, 6.45) is 0. The molecule has 6 rings (SSSR count). The number of aromatic nitrogens is 1. The Hall–Kier alpha value is -4.64. The number of carbonyl (C=O) groups is 3. The van der Waals surface area contributed by atoms with Gasteiger partial charge in [0.2, 0.25) is 17.7 Å². The van der Waals surface area contributed by atoms with Crippen molar-refractivity contribution in [2.24, 2.45) is 0 Å². The Labute approximate surface area is 285 Å². The number of nitrogens with zero attached hydrogens (tertiary/aromatic N) is 1. The van der Waals surface area contributed by atoms with Gasteiger partial charge in [0.25, 0.3) is 0 Å². The monoisotopic (exact) mass is 676 g/mol. The van der Waals surface area contributed by atoms with E-state index in [4.69, 9.17) is 0 Å². The molecule has 5 aromatic carbocycles. The second-order valence-corrected chi connectivity index (χ2v) is 14.0. The van der Waals surface area contributed by atoms with E-state index >= 15 is 0 Å². The number of nitrogens with one attached hydrogen (secondary N) is 3. The average Bonchev–Trinajstić information content (AvgIpc) is 3.52. The van der Waals surface area contributed by atoms with Crippen molar-refractivity contribution in [2.45, 2.75) is 16.9 Å². The number of fused-ring (bicyclic) bond motifs is 2. The number of amides is 3. The lowest BCUT2D eigenvalue weighted by atomic mass is 9.99. The summed E-state index contributed by atoms with van der Waals surface area (Å²) in [6.45, 7) is 0.439. The van der Waals surface area contributed by atoms with Gasteiger partial charge in [0.15, 0.2) is 4.34 Å². The Morgan fingerprint density at radius 3 is 2.15 bits per heavy atom. The Morgan fingerprint density at radius 2 is 1.38 bits per heavy atom. The molecular weight excluding hydrogens is 645 g/mol. The molecule has 0 radical (unpaired) electrons. The van der Waals surface area contributed by atoms with Crippen LogP contribution in [0.3, 0.4) is 0 Å². The summed E-state index contributed by atoms with van der Waals surface area (Å²) in [6, 6.07) is 39.3. The van der Waals surface area contributed by atoms with Gasteiger partial charge < -0.3 is 16.0 Å². The van der Waals surface area contributed by atoms with Crippen molar-refractivity contribution in [3.8, 4) is 0 Å². The van der Waals surface area contributed by atoms with Crippen molar-refractivity contribution < 1.29 is 14.4 Å². The predicted octanol–water partition coefficient (Wildman–Crippen LogP) is 7.44. The van der Waals surface area contributed by atoms with E-state index < -0.39 is 0 Å². The summed E-state index contributed by atoms with van der Waals surface area (Å²) < 4.78 is 1.69. The third-order valence-electron chi connectivity index (χ3n) is 7.37. The van der Waals surface area contributed by atoms with E-state index in [0.717, 1.165) is 42.0 Å². The number of rotatable bonds is 13. The molecule has 10 heteroatoms. The average molecular weight is 677 g/mol. The zero-order valence-electron chi connectivity index (χ0n) is 25.3. The van der Waals surface area contributed by atoms with Gasteiger partial charge in [0.1, 0.15) is 0 Å². The van der Waals surface area contributed by atoms with Crippen LogP contribution in [0.2, 0.25) is 0 Å². The molecule has 0 aliphatic rings. The van der Waals surface area contributed by atoms with E-state index in [1.54, 1.807) is 0 Å². The molecule has 1 aromatic heterocycles. The van der Waals surface area contributed by atoms with Gasteiger partial charge in [-0.2, -0.15) is 0 Å². The normalized spacial score (nSPS) is 11.1. The van der Waals surface area contributed by atoms with Crippen molar-refractivity contribution in [3.05, 3.63) is 138 Å². The first-order valence-electron chi connectivity index (χ1n) is 15.1. The number of carbonyl (C=O) groups excluding carboxylic acids is 3. The summed E-state index contributed by atoms with van der Waals surface area (Å²) in [5.41, 5.74) is 4.56. The van der Waals surface area contributed by atoms with Crippen molar-refractivity contribution >= 4 is 79.3 Å². The Balaban J connectivity index is 0.963. The third-order valence-corrected chi connectivity index (χ3v) is 10.5. The minimum atomic E-state index is -0.241. The molecule has 0 aliphatic heterocycles. The first kappa shape index (κ1) is 32.3. The fourth-order valence-electron chi connectivity index (χ4n) is 5.15. The minimum Gasteiger partial charge on any atom is -0.351 e. The van der Waals surface area contributed by atoms with Gasteiger partial charge >= 0.3 is 0 Å². The lowest BCUT2D eigenvalue weighted by Crippen LogP contribution is -2.30. The number of benzene rings is 5. The first-order valence-corrected chi connectivity index (χ1v) is 18.0. The molecule has 0 spiro atoms. The maximum Gasteiger partial charge on any atom is 0.234 e. The van der Waals surface area contributed by atoms with Crippen molar-refractivity contribution in [1.29, 1.82) is 0 Å². The van der Waals surface area contributed by atoms with Crippen LogP contribution < -0.4 is 16.0 Å². The van der Waals surface area contributed by atoms with Gasteiger partial charge in [-0.15, -0.1) is 23.1 Å². The van der Waals surface area contributed by atoms with E-state index in [2.05, 4.69) is 33.1 Å². The molecule has 6 aromatic rings. The molecule has 3 amide bonds. The van der Waals surface area contributed by atoms with Gasteiger partial charge in [0, 0.05) is 12.2 Å². The molecule has 3 N–H and O–H groups in total. The van der Waals surface area contributed by atoms with Crippen molar-refractivity contribution in [1.82, 2.24) is 15.6 Å². The van der Waals surface area contributed by atoms with E-state index in [1.165, 1.54) is 34.9 Å². The highest BCUT2D eigenvalue weighted by atomic mass is 32.2. The molecule has 7 nitrogen and oxygen atoms in total. The summed E-state index contributed by atoms with van der Waals surface area (Å²) >= 11 is 4.14. The standard InChI is InChI=1S/C37H32N4O3S3/c42-33(38-21-28-16-9-15-25-10-7-8-17-30(25)28)22-45-23-34(43)39-29-18-19-31-32(20-29)47-37(40-31)46-24-35(44)41-36(26-11-3-1-4-12-26)27-13-5-2-6-14-27/h1-20,36H,21-24H2,(H,38,42)(H,39,43)(H,41,44). The van der Waals surface area contributed by atoms with Crippen LogP contribution in [0.25, 0.3) is 21.0 Å². The highest BCUT2D eigenvalue weighted by molar-refractivity contribution is 8.01. The fourth-order valence-corrected chi connectivity index (χ4v) is 7.71. The molecule has 0 bridgehead atoms. The van der Waals surface area contributed by atoms with Gasteiger partial charge in [0.05, 0.1) is 33.5 Å². The van der Waals surface area contributed by atoms with Gasteiger partial charge in [-0.1, -0.05) is 115 Å². The quantitative estimate of drug-likeness (QED) is 0.110. The van der Waals surface area contributed by atoms with E-state index in [0.29, 0.717) is 12.2 Å². The predicted molar refractivity (Wildman–Crippen MR) is 195 cm³/mol. The smallest absolute Gasteiger partial charge is 0.234 e. The maximum atomic E-state index is 13.0. The number of hydrogen-bond acceptors (Lipinski definition) is 7. The third kappa shape index (κ3) is 8.79. The summed E-state index contributed by atoms with van der Waals surface area (Å²) in [5, 5.41) is 11.3. The summed E-state index contributed by atoms with van der Waals surface area (Å²) in [4.78, 5) is 42.7. The number of thiazole rings is 1. The molecule has 47 heavy (non-hydrogen) atoms. The Morgan fingerprint density at radius 1 is 0.702 bits per heavy atom. The largest absolute Gasteiger partial charge is 0.351 e. The second-order valence-electron chi connectivity index (χ2n) is 10.7. The molecule has 0 atom stereocenters. The summed E-state index contributed by atoms with van der Waals surface area (Å²) in [5.74, 6) is 0.199. The zero-order chi connectivity index (χ0) is 32.4.